The van der Waals surface area contributed by atoms with Crippen molar-refractivity contribution in [2.45, 2.75) is 80.8 Å². The average molecular weight is 717 g/mol. The van der Waals surface area contributed by atoms with Gasteiger partial charge in [0.25, 0.3) is 0 Å². The molecule has 3 heteroatoms. The number of ether oxygens (including phenoxy) is 1. The fourth-order valence-electron chi connectivity index (χ4n) is 12.5. The Labute approximate surface area is 325 Å². The maximum absolute atomic E-state index is 7.94. The summed E-state index contributed by atoms with van der Waals surface area (Å²) in [5.74, 6) is 2.88. The molecule has 3 heterocycles. The van der Waals surface area contributed by atoms with Gasteiger partial charge in [-0.15, -0.1) is 0 Å². The highest BCUT2D eigenvalue weighted by atomic mass is 16.5. The highest BCUT2D eigenvalue weighted by molar-refractivity contribution is 5.99. The van der Waals surface area contributed by atoms with Crippen LogP contribution in [-0.2, 0) is 11.0 Å². The van der Waals surface area contributed by atoms with E-state index in [0.717, 1.165) is 23.4 Å². The molecule has 1 saturated carbocycles. The molecule has 0 bridgehead atoms. The minimum atomic E-state index is -0.785. The van der Waals surface area contributed by atoms with Crippen molar-refractivity contribution in [3.63, 3.8) is 0 Å². The van der Waals surface area contributed by atoms with Gasteiger partial charge in [0, 0.05) is 58.9 Å². The van der Waals surface area contributed by atoms with Gasteiger partial charge in [0.15, 0.2) is 11.4 Å². The largest absolute Gasteiger partial charge is 0.471 e. The minimum Gasteiger partial charge on any atom is -0.471 e. The van der Waals surface area contributed by atoms with Crippen LogP contribution in [0.5, 0.6) is 5.75 Å². The van der Waals surface area contributed by atoms with Crippen molar-refractivity contribution in [3.05, 3.63) is 172 Å². The molecule has 6 unspecified atom stereocenters. The first kappa shape index (κ1) is 32.0. The number of allylic oxidation sites excluding steroid dienone is 2. The van der Waals surface area contributed by atoms with Crippen LogP contribution >= 0.6 is 0 Å². The lowest BCUT2D eigenvalue weighted by molar-refractivity contribution is 0.161. The Hall–Kier alpha value is -5.28. The zero-order chi connectivity index (χ0) is 36.6. The first-order valence-electron chi connectivity index (χ1n) is 20.8. The molecule has 2 fully saturated rings. The van der Waals surface area contributed by atoms with Crippen molar-refractivity contribution in [2.24, 2.45) is 5.92 Å². The van der Waals surface area contributed by atoms with Gasteiger partial charge in [-0.3, -0.25) is 0 Å². The summed E-state index contributed by atoms with van der Waals surface area (Å²) in [5, 5.41) is 0. The Morgan fingerprint density at radius 2 is 1.44 bits per heavy atom. The van der Waals surface area contributed by atoms with Crippen LogP contribution in [0.3, 0.4) is 0 Å². The molecule has 0 amide bonds. The first-order chi connectivity index (χ1) is 27.0. The van der Waals surface area contributed by atoms with E-state index in [1.54, 1.807) is 11.1 Å². The molecule has 0 N–H and O–H groups in total. The van der Waals surface area contributed by atoms with E-state index in [2.05, 4.69) is 164 Å². The highest BCUT2D eigenvalue weighted by Gasteiger charge is 2.53. The molecule has 55 heavy (non-hydrogen) atoms. The number of benzene rings is 5. The number of hydrogen-bond donors (Lipinski definition) is 0. The molecule has 0 spiro atoms. The van der Waals surface area contributed by atoms with Gasteiger partial charge in [0.1, 0.15) is 0 Å². The Balaban J connectivity index is 1.11. The molecule has 0 radical (unpaired) electrons. The number of rotatable bonds is 3. The van der Waals surface area contributed by atoms with Gasteiger partial charge in [-0.25, -0.2) is 0 Å². The standard InChI is InChI=1S/C52H48N2O/c1-51(2)41-21-13-20-38-36-17-8-9-18-37(36)44-40-28-30-52(33-15-5-4-6-16-33,34-24-26-35(27-25-34)54-31-29-32-14-7-11-22-42(32)54)55-50(40)49-47(46(44)45(38)41)48(51)39-19-10-12-23-43(39)53(49)3/h4-7,10-16,19-28,30,32,36-37,42,48H,8-9,17-18,29,31H2,1-3H3. The Kier molecular flexibility index (Phi) is 6.63. The van der Waals surface area contributed by atoms with Crippen molar-refractivity contribution in [1.29, 1.82) is 0 Å². The Bertz CT molecular complexity index is 2510. The smallest absolute Gasteiger partial charge is 0.178 e. The zero-order valence-corrected chi connectivity index (χ0v) is 32.1. The van der Waals surface area contributed by atoms with Crippen LogP contribution in [0.1, 0.15) is 108 Å². The predicted octanol–water partition coefficient (Wildman–Crippen LogP) is 12.3. The van der Waals surface area contributed by atoms with Crippen LogP contribution in [-0.4, -0.2) is 19.6 Å². The SMILES string of the molecule is CN1c2ccccc2C2c3c4c(c5c(c31)OC(c1ccccc1)(c1ccc(N3CCC6C=CC=CC63)cc1)C=C5)C1CCCCC1c1cccc(c1-4)C2(C)C. The van der Waals surface area contributed by atoms with Crippen LogP contribution in [0.15, 0.2) is 127 Å². The molecule has 272 valence electrons. The highest BCUT2D eigenvalue weighted by Crippen LogP contribution is 2.69. The second-order valence-electron chi connectivity index (χ2n) is 17.8. The van der Waals surface area contributed by atoms with Crippen LogP contribution < -0.4 is 14.5 Å². The van der Waals surface area contributed by atoms with Crippen molar-refractivity contribution in [2.75, 3.05) is 23.4 Å². The van der Waals surface area contributed by atoms with Crippen LogP contribution in [0, 0.1) is 5.92 Å². The molecule has 0 aromatic heterocycles. The Morgan fingerprint density at radius 3 is 2.29 bits per heavy atom. The van der Waals surface area contributed by atoms with E-state index in [1.807, 2.05) is 0 Å². The topological polar surface area (TPSA) is 15.7 Å². The summed E-state index contributed by atoms with van der Waals surface area (Å²) >= 11 is 0. The van der Waals surface area contributed by atoms with Gasteiger partial charge in [-0.2, -0.15) is 0 Å². The number of nitrogens with zero attached hydrogens (tertiary/aromatic N) is 2. The van der Waals surface area contributed by atoms with E-state index in [4.69, 9.17) is 4.74 Å². The molecule has 5 aromatic rings. The second-order valence-corrected chi connectivity index (χ2v) is 17.8. The lowest BCUT2D eigenvalue weighted by Crippen LogP contribution is -2.41. The third-order valence-corrected chi connectivity index (χ3v) is 14.9. The van der Waals surface area contributed by atoms with Crippen molar-refractivity contribution in [1.82, 2.24) is 0 Å². The maximum Gasteiger partial charge on any atom is 0.178 e. The molecule has 4 aliphatic carbocycles. The molecule has 5 aromatic carbocycles. The van der Waals surface area contributed by atoms with Crippen LogP contribution in [0.25, 0.3) is 17.2 Å². The normalized spacial score (nSPS) is 28.1. The Morgan fingerprint density at radius 1 is 0.691 bits per heavy atom. The van der Waals surface area contributed by atoms with Crippen LogP contribution in [0.2, 0.25) is 0 Å². The van der Waals surface area contributed by atoms with E-state index in [-0.39, 0.29) is 11.3 Å². The molecule has 7 aliphatic rings. The molecule has 3 aliphatic heterocycles. The summed E-state index contributed by atoms with van der Waals surface area (Å²) in [6.45, 7) is 6.09. The quantitative estimate of drug-likeness (QED) is 0.185. The number of para-hydroxylation sites is 1. The fraction of sp³-hybridized carbons (Fsp3) is 0.308. The van der Waals surface area contributed by atoms with E-state index in [9.17, 15) is 0 Å². The van der Waals surface area contributed by atoms with Crippen molar-refractivity contribution >= 4 is 23.1 Å². The third-order valence-electron chi connectivity index (χ3n) is 14.9. The first-order valence-corrected chi connectivity index (χ1v) is 20.8. The monoisotopic (exact) mass is 716 g/mol. The maximum atomic E-state index is 7.94. The summed E-state index contributed by atoms with van der Waals surface area (Å²) in [5.41, 5.74) is 17.2. The minimum absolute atomic E-state index is 0.105. The summed E-state index contributed by atoms with van der Waals surface area (Å²) in [6, 6.07) is 37.2. The zero-order valence-electron chi connectivity index (χ0n) is 32.1. The number of fused-ring (bicyclic) bond motifs is 9. The van der Waals surface area contributed by atoms with E-state index in [0.29, 0.717) is 23.8 Å². The van der Waals surface area contributed by atoms with Gasteiger partial charge in [-0.05, 0) is 94.3 Å². The summed E-state index contributed by atoms with van der Waals surface area (Å²) in [6.07, 6.45) is 20.4. The lowest BCUT2D eigenvalue weighted by atomic mass is 9.53. The molecule has 6 atom stereocenters. The molecular weight excluding hydrogens is 669 g/mol. The summed E-state index contributed by atoms with van der Waals surface area (Å²) in [7, 11) is 2.28. The van der Waals surface area contributed by atoms with Gasteiger partial charge in [0.05, 0.1) is 11.7 Å². The molecule has 3 nitrogen and oxygen atoms in total. The third kappa shape index (κ3) is 4.17. The van der Waals surface area contributed by atoms with Gasteiger partial charge in [0.2, 0.25) is 0 Å². The summed E-state index contributed by atoms with van der Waals surface area (Å²) in [4.78, 5) is 5.06. The summed E-state index contributed by atoms with van der Waals surface area (Å²) < 4.78 is 7.94. The van der Waals surface area contributed by atoms with E-state index >= 15 is 0 Å². The lowest BCUT2D eigenvalue weighted by Gasteiger charge is -2.53. The van der Waals surface area contributed by atoms with Crippen molar-refractivity contribution < 1.29 is 4.74 Å². The number of anilines is 3. The number of hydrogen-bond acceptors (Lipinski definition) is 3. The molecule has 1 saturated heterocycles. The van der Waals surface area contributed by atoms with Crippen molar-refractivity contribution in [3.8, 4) is 16.9 Å². The second kappa shape index (κ2) is 11.4. The molecular formula is C52H48N2O. The molecule has 12 rings (SSSR count). The van der Waals surface area contributed by atoms with E-state index in [1.165, 1.54) is 82.5 Å². The van der Waals surface area contributed by atoms with Gasteiger partial charge < -0.3 is 14.5 Å². The van der Waals surface area contributed by atoms with Gasteiger partial charge in [-0.1, -0.05) is 136 Å². The van der Waals surface area contributed by atoms with Crippen LogP contribution in [0.4, 0.5) is 17.1 Å². The average Bonchev–Trinajstić information content (AvgIpc) is 3.67. The fourth-order valence-corrected chi connectivity index (χ4v) is 12.5. The predicted molar refractivity (Wildman–Crippen MR) is 226 cm³/mol. The van der Waals surface area contributed by atoms with E-state index < -0.39 is 5.60 Å². The van der Waals surface area contributed by atoms with Gasteiger partial charge >= 0.3 is 0 Å².